The van der Waals surface area contributed by atoms with Gasteiger partial charge in [-0.15, -0.1) is 11.3 Å². The highest BCUT2D eigenvalue weighted by atomic mass is 35.5. The van der Waals surface area contributed by atoms with E-state index in [1.165, 1.54) is 15.7 Å². The molecule has 1 aromatic carbocycles. The van der Waals surface area contributed by atoms with Gasteiger partial charge in [-0.3, -0.25) is 0 Å². The SMILES string of the molecule is COc1cccc(-c2c(O)[n+](Cc3cnc(Cl)s3)c3ccccn3c2=O)c1. The minimum absolute atomic E-state index is 0.121. The Bertz CT molecular complexity index is 1200. The molecule has 3 aromatic heterocycles. The number of fused-ring (bicyclic) bond motifs is 1. The zero-order valence-electron chi connectivity index (χ0n) is 14.3. The van der Waals surface area contributed by atoms with Crippen molar-refractivity contribution in [3.63, 3.8) is 0 Å². The van der Waals surface area contributed by atoms with Crippen LogP contribution in [0.5, 0.6) is 11.6 Å². The van der Waals surface area contributed by atoms with Crippen LogP contribution in [0.4, 0.5) is 0 Å². The van der Waals surface area contributed by atoms with E-state index in [4.69, 9.17) is 16.3 Å². The van der Waals surface area contributed by atoms with E-state index in [1.807, 2.05) is 6.07 Å². The fourth-order valence-corrected chi connectivity index (χ4v) is 3.95. The van der Waals surface area contributed by atoms with Gasteiger partial charge in [-0.25, -0.2) is 9.78 Å². The molecule has 0 aliphatic rings. The highest BCUT2D eigenvalue weighted by molar-refractivity contribution is 7.15. The summed E-state index contributed by atoms with van der Waals surface area (Å²) in [7, 11) is 1.56. The maximum atomic E-state index is 13.1. The molecule has 0 saturated carbocycles. The summed E-state index contributed by atoms with van der Waals surface area (Å²) in [6.07, 6.45) is 3.34. The predicted octanol–water partition coefficient (Wildman–Crippen LogP) is 3.13. The van der Waals surface area contributed by atoms with E-state index >= 15 is 0 Å². The molecule has 0 atom stereocenters. The summed E-state index contributed by atoms with van der Waals surface area (Å²) in [6, 6.07) is 12.4. The van der Waals surface area contributed by atoms with Crippen LogP contribution in [0.2, 0.25) is 4.47 Å². The number of hydrogen-bond donors (Lipinski definition) is 1. The summed E-state index contributed by atoms with van der Waals surface area (Å²) in [5.41, 5.74) is 1.03. The van der Waals surface area contributed by atoms with Gasteiger partial charge in [0.05, 0.1) is 18.2 Å². The van der Waals surface area contributed by atoms with Gasteiger partial charge < -0.3 is 9.84 Å². The van der Waals surface area contributed by atoms with Gasteiger partial charge in [0.25, 0.3) is 11.5 Å². The zero-order chi connectivity index (χ0) is 19.0. The number of rotatable bonds is 4. The topological polar surface area (TPSA) is 67.7 Å². The van der Waals surface area contributed by atoms with Crippen LogP contribution in [-0.2, 0) is 6.54 Å². The minimum atomic E-state index is -0.310. The van der Waals surface area contributed by atoms with Crippen LogP contribution >= 0.6 is 22.9 Å². The van der Waals surface area contributed by atoms with Gasteiger partial charge in [0.15, 0.2) is 10.0 Å². The van der Waals surface area contributed by atoms with Crippen molar-refractivity contribution in [3.05, 3.63) is 74.6 Å². The minimum Gasteiger partial charge on any atom is -0.497 e. The van der Waals surface area contributed by atoms with Gasteiger partial charge in [-0.2, -0.15) is 8.97 Å². The van der Waals surface area contributed by atoms with Crippen molar-refractivity contribution < 1.29 is 14.4 Å². The third-order valence-electron chi connectivity index (χ3n) is 4.22. The number of aromatic hydroxyl groups is 1. The van der Waals surface area contributed by atoms with E-state index in [0.29, 0.717) is 28.0 Å². The van der Waals surface area contributed by atoms with Crippen molar-refractivity contribution in [2.45, 2.75) is 6.54 Å². The Morgan fingerprint density at radius 3 is 2.89 bits per heavy atom. The Morgan fingerprint density at radius 1 is 1.30 bits per heavy atom. The third kappa shape index (κ3) is 3.15. The lowest BCUT2D eigenvalue weighted by Gasteiger charge is -2.10. The monoisotopic (exact) mass is 400 g/mol. The van der Waals surface area contributed by atoms with Crippen molar-refractivity contribution in [2.75, 3.05) is 7.11 Å². The quantitative estimate of drug-likeness (QED) is 0.534. The summed E-state index contributed by atoms with van der Waals surface area (Å²) in [6.45, 7) is 0.334. The molecule has 0 radical (unpaired) electrons. The lowest BCUT2D eigenvalue weighted by molar-refractivity contribution is -0.671. The number of methoxy groups -OCH3 is 1. The van der Waals surface area contributed by atoms with Crippen LogP contribution in [0, 0.1) is 0 Å². The van der Waals surface area contributed by atoms with Gasteiger partial charge in [-0.05, 0) is 18.2 Å². The molecule has 0 aliphatic carbocycles. The standard InChI is InChI=1S/C19H14ClN3O3S/c1-26-13-6-4-5-12(9-13)16-17(24)22-8-3-2-7-15(22)23(18(16)25)11-14-10-21-19(20)27-14/h2-10H,11H2,1H3/p+1. The van der Waals surface area contributed by atoms with Gasteiger partial charge in [-0.1, -0.05) is 29.8 Å². The van der Waals surface area contributed by atoms with Crippen LogP contribution in [0.1, 0.15) is 4.88 Å². The highest BCUT2D eigenvalue weighted by Crippen LogP contribution is 2.27. The molecule has 27 heavy (non-hydrogen) atoms. The summed E-state index contributed by atoms with van der Waals surface area (Å²) < 4.78 is 8.86. The second kappa shape index (κ2) is 7.02. The summed E-state index contributed by atoms with van der Waals surface area (Å²) in [5.74, 6) is 0.481. The number of aromatic nitrogens is 3. The molecule has 4 aromatic rings. The Labute approximate surface area is 163 Å². The third-order valence-corrected chi connectivity index (χ3v) is 5.32. The lowest BCUT2D eigenvalue weighted by Crippen LogP contribution is -2.41. The smallest absolute Gasteiger partial charge is 0.354 e. The van der Waals surface area contributed by atoms with E-state index in [1.54, 1.807) is 60.5 Å². The number of benzene rings is 1. The largest absolute Gasteiger partial charge is 0.497 e. The normalized spacial score (nSPS) is 11.0. The average molecular weight is 401 g/mol. The maximum absolute atomic E-state index is 13.1. The number of ether oxygens (including phenoxy) is 1. The van der Waals surface area contributed by atoms with Crippen LogP contribution in [0.15, 0.2) is 59.7 Å². The van der Waals surface area contributed by atoms with Crippen molar-refractivity contribution in [1.82, 2.24) is 9.38 Å². The van der Waals surface area contributed by atoms with E-state index in [0.717, 1.165) is 4.88 Å². The van der Waals surface area contributed by atoms with Crippen LogP contribution < -0.4 is 14.9 Å². The molecule has 8 heteroatoms. The molecule has 3 heterocycles. The first-order valence-electron chi connectivity index (χ1n) is 8.09. The van der Waals surface area contributed by atoms with Crippen LogP contribution in [0.25, 0.3) is 16.8 Å². The summed E-state index contributed by atoms with van der Waals surface area (Å²) in [5, 5.41) is 11.0. The molecule has 0 aliphatic heterocycles. The summed E-state index contributed by atoms with van der Waals surface area (Å²) in [4.78, 5) is 18.0. The van der Waals surface area contributed by atoms with Crippen molar-refractivity contribution in [1.29, 1.82) is 0 Å². The molecule has 0 saturated heterocycles. The van der Waals surface area contributed by atoms with E-state index in [9.17, 15) is 9.90 Å². The number of pyridine rings is 1. The number of thiazole rings is 1. The second-order valence-electron chi connectivity index (χ2n) is 5.83. The predicted molar refractivity (Wildman–Crippen MR) is 104 cm³/mol. The molecular formula is C19H15ClN3O3S+. The first kappa shape index (κ1) is 17.5. The molecule has 6 nitrogen and oxygen atoms in total. The van der Waals surface area contributed by atoms with E-state index in [-0.39, 0.29) is 17.0 Å². The van der Waals surface area contributed by atoms with Crippen LogP contribution in [-0.4, -0.2) is 21.6 Å². The number of halogens is 1. The molecule has 136 valence electrons. The second-order valence-corrected chi connectivity index (χ2v) is 7.53. The van der Waals surface area contributed by atoms with Crippen LogP contribution in [0.3, 0.4) is 0 Å². The van der Waals surface area contributed by atoms with Crippen molar-refractivity contribution in [2.24, 2.45) is 0 Å². The average Bonchev–Trinajstić information content (AvgIpc) is 3.10. The maximum Gasteiger partial charge on any atom is 0.354 e. The molecule has 0 spiro atoms. The van der Waals surface area contributed by atoms with Gasteiger partial charge in [0, 0.05) is 17.8 Å². The first-order chi connectivity index (χ1) is 13.1. The Balaban J connectivity index is 2.00. The molecule has 0 fully saturated rings. The van der Waals surface area contributed by atoms with E-state index in [2.05, 4.69) is 4.98 Å². The fourth-order valence-electron chi connectivity index (χ4n) is 2.98. The Kier molecular flexibility index (Phi) is 4.55. The molecule has 0 unspecified atom stereocenters. The van der Waals surface area contributed by atoms with Gasteiger partial charge >= 0.3 is 5.56 Å². The zero-order valence-corrected chi connectivity index (χ0v) is 15.9. The number of hydrogen-bond acceptors (Lipinski definition) is 5. The fraction of sp³-hybridized carbons (Fsp3) is 0.105. The van der Waals surface area contributed by atoms with Crippen molar-refractivity contribution >= 4 is 28.6 Å². The molecule has 0 amide bonds. The first-order valence-corrected chi connectivity index (χ1v) is 9.28. The lowest BCUT2D eigenvalue weighted by atomic mass is 10.1. The summed E-state index contributed by atoms with van der Waals surface area (Å²) >= 11 is 7.26. The molecule has 4 rings (SSSR count). The number of nitrogens with zero attached hydrogens (tertiary/aromatic N) is 3. The molecule has 0 bridgehead atoms. The Morgan fingerprint density at radius 2 is 2.15 bits per heavy atom. The van der Waals surface area contributed by atoms with E-state index < -0.39 is 0 Å². The molecule has 1 N–H and O–H groups in total. The van der Waals surface area contributed by atoms with Crippen molar-refractivity contribution in [3.8, 4) is 22.8 Å². The van der Waals surface area contributed by atoms with Gasteiger partial charge in [0.2, 0.25) is 0 Å². The molecular weight excluding hydrogens is 386 g/mol. The van der Waals surface area contributed by atoms with Gasteiger partial charge in [0.1, 0.15) is 12.3 Å². The highest BCUT2D eigenvalue weighted by Gasteiger charge is 2.25. The Hall–Kier alpha value is -2.90.